The molecule has 1 aromatic heterocycles. The van der Waals surface area contributed by atoms with Gasteiger partial charge in [0.1, 0.15) is 22.8 Å². The monoisotopic (exact) mass is 633 g/mol. The molecular weight excluding hydrogens is 606 g/mol. The van der Waals surface area contributed by atoms with Crippen LogP contribution in [0.25, 0.3) is 0 Å². The van der Waals surface area contributed by atoms with E-state index in [1.807, 2.05) is 60.7 Å². The molecule has 3 heterocycles. The van der Waals surface area contributed by atoms with Gasteiger partial charge in [-0.2, -0.15) is 0 Å². The van der Waals surface area contributed by atoms with Gasteiger partial charge in [-0.05, 0) is 16.7 Å². The van der Waals surface area contributed by atoms with Crippen LogP contribution in [0.4, 0.5) is 5.13 Å². The topological polar surface area (TPSA) is 163 Å². The van der Waals surface area contributed by atoms with Crippen molar-refractivity contribution in [1.82, 2.24) is 15.2 Å². The number of thiazole rings is 1. The van der Waals surface area contributed by atoms with Gasteiger partial charge in [0.15, 0.2) is 16.9 Å². The molecule has 2 aliphatic rings. The highest BCUT2D eigenvalue weighted by molar-refractivity contribution is 8.00. The number of amides is 2. The number of esters is 2. The number of hydrogen-bond acceptors (Lipinski definition) is 12. The lowest BCUT2D eigenvalue weighted by molar-refractivity contribution is -0.154. The molecule has 226 valence electrons. The van der Waals surface area contributed by atoms with E-state index in [9.17, 15) is 19.2 Å². The summed E-state index contributed by atoms with van der Waals surface area (Å²) in [6.45, 7) is 3.28. The summed E-state index contributed by atoms with van der Waals surface area (Å²) in [6.07, 6.45) is 0.799. The lowest BCUT2D eigenvalue weighted by Gasteiger charge is -2.49. The van der Waals surface area contributed by atoms with Crippen LogP contribution in [-0.2, 0) is 33.5 Å². The van der Waals surface area contributed by atoms with Gasteiger partial charge in [0.05, 0.1) is 7.11 Å². The van der Waals surface area contributed by atoms with Crippen molar-refractivity contribution < 1.29 is 33.5 Å². The average Bonchev–Trinajstić information content (AvgIpc) is 3.49. The molecule has 0 bridgehead atoms. The number of aromatic nitrogens is 1. The van der Waals surface area contributed by atoms with Crippen molar-refractivity contribution in [2.75, 3.05) is 25.2 Å². The summed E-state index contributed by atoms with van der Waals surface area (Å²) in [5.41, 5.74) is 7.66. The summed E-state index contributed by atoms with van der Waals surface area (Å²) in [7, 11) is 1.18. The first-order chi connectivity index (χ1) is 21.3. The number of carbonyl (C=O) groups excluding carboxylic acids is 4. The number of thioether (sulfide) groups is 1. The van der Waals surface area contributed by atoms with Crippen LogP contribution in [0.5, 0.6) is 0 Å². The van der Waals surface area contributed by atoms with E-state index >= 15 is 0 Å². The normalized spacial score (nSPS) is 17.8. The first-order valence-corrected chi connectivity index (χ1v) is 15.1. The zero-order valence-corrected chi connectivity index (χ0v) is 25.0. The number of oxime groups is 1. The van der Waals surface area contributed by atoms with Crippen LogP contribution in [0.1, 0.15) is 22.9 Å². The van der Waals surface area contributed by atoms with E-state index in [0.29, 0.717) is 11.3 Å². The zero-order valence-electron chi connectivity index (χ0n) is 23.4. The molecule has 12 nitrogen and oxygen atoms in total. The second-order valence-electron chi connectivity index (χ2n) is 9.41. The highest BCUT2D eigenvalue weighted by Crippen LogP contribution is 2.42. The van der Waals surface area contributed by atoms with Crippen LogP contribution in [0.3, 0.4) is 0 Å². The number of fused-ring (bicyclic) bond motifs is 1. The van der Waals surface area contributed by atoms with Crippen LogP contribution in [0.15, 0.2) is 95.1 Å². The predicted molar refractivity (Wildman–Crippen MR) is 164 cm³/mol. The molecule has 3 aromatic rings. The van der Waals surface area contributed by atoms with E-state index in [4.69, 9.17) is 15.3 Å². The fourth-order valence-electron chi connectivity index (χ4n) is 4.55. The Balaban J connectivity index is 1.36. The van der Waals surface area contributed by atoms with Crippen LogP contribution in [0.2, 0.25) is 0 Å². The van der Waals surface area contributed by atoms with Gasteiger partial charge in [-0.1, -0.05) is 78.5 Å². The number of anilines is 1. The highest BCUT2D eigenvalue weighted by Gasteiger charge is 2.54. The van der Waals surface area contributed by atoms with Crippen molar-refractivity contribution in [3.8, 4) is 0 Å². The summed E-state index contributed by atoms with van der Waals surface area (Å²) in [4.78, 5) is 62.4. The molecule has 0 saturated carbocycles. The highest BCUT2D eigenvalue weighted by atomic mass is 32.2. The quantitative estimate of drug-likeness (QED) is 0.139. The first kappa shape index (κ1) is 30.5. The van der Waals surface area contributed by atoms with Gasteiger partial charge >= 0.3 is 11.9 Å². The average molecular weight is 634 g/mol. The van der Waals surface area contributed by atoms with Crippen LogP contribution in [-0.4, -0.2) is 70.2 Å². The van der Waals surface area contributed by atoms with Gasteiger partial charge in [0.2, 0.25) is 6.61 Å². The number of rotatable bonds is 11. The van der Waals surface area contributed by atoms with Gasteiger partial charge in [-0.15, -0.1) is 23.1 Å². The van der Waals surface area contributed by atoms with Gasteiger partial charge in [0.25, 0.3) is 11.8 Å². The number of methoxy groups -OCH3 is 1. The van der Waals surface area contributed by atoms with Gasteiger partial charge < -0.3 is 25.4 Å². The number of allylic oxidation sites excluding steroid dienone is 1. The van der Waals surface area contributed by atoms with Crippen LogP contribution in [0, 0.1) is 0 Å². The van der Waals surface area contributed by atoms with Crippen LogP contribution >= 0.6 is 23.1 Å². The number of benzene rings is 2. The molecule has 0 radical (unpaired) electrons. The smallest absolute Gasteiger partial charge is 0.356 e. The van der Waals surface area contributed by atoms with Crippen molar-refractivity contribution in [2.45, 2.75) is 17.5 Å². The first-order valence-electron chi connectivity index (χ1n) is 13.2. The Hall–Kier alpha value is -4.95. The molecule has 14 heteroatoms. The Kier molecular flexibility index (Phi) is 9.41. The summed E-state index contributed by atoms with van der Waals surface area (Å²) in [5.74, 6) is -2.36. The molecule has 44 heavy (non-hydrogen) atoms. The lowest BCUT2D eigenvalue weighted by atomic mass is 10.0. The van der Waals surface area contributed by atoms with Gasteiger partial charge in [-0.3, -0.25) is 14.5 Å². The Bertz CT molecular complexity index is 1600. The largest absolute Gasteiger partial charge is 0.466 e. The Morgan fingerprint density at radius 3 is 2.39 bits per heavy atom. The molecule has 1 saturated heterocycles. The molecule has 0 aliphatic carbocycles. The fourth-order valence-corrected chi connectivity index (χ4v) is 6.44. The maximum atomic E-state index is 13.8. The lowest BCUT2D eigenvalue weighted by Crippen LogP contribution is -2.71. The van der Waals surface area contributed by atoms with E-state index in [0.717, 1.165) is 22.5 Å². The third-order valence-electron chi connectivity index (χ3n) is 6.70. The van der Waals surface area contributed by atoms with E-state index in [-0.39, 0.29) is 22.2 Å². The second-order valence-corrected chi connectivity index (χ2v) is 11.4. The van der Waals surface area contributed by atoms with Crippen molar-refractivity contribution >= 4 is 57.7 Å². The predicted octanol–water partition coefficient (Wildman–Crippen LogP) is 2.79. The summed E-state index contributed by atoms with van der Waals surface area (Å²) >= 11 is 2.43. The summed E-state index contributed by atoms with van der Waals surface area (Å²) in [5, 5.41) is 7.47. The SMILES string of the molecule is C=CC1=C(C(=O)OC(c2ccccc2)c2ccccc2)N2C(=O)C(NC(=O)C(=NOCC(=O)OC)c3csc(N)n3)[C@@H]2SC1. The van der Waals surface area contributed by atoms with Crippen molar-refractivity contribution in [3.05, 3.63) is 107 Å². The summed E-state index contributed by atoms with van der Waals surface area (Å²) < 4.78 is 10.6. The van der Waals surface area contributed by atoms with E-state index in [1.54, 1.807) is 0 Å². The minimum Gasteiger partial charge on any atom is -0.466 e. The van der Waals surface area contributed by atoms with Gasteiger partial charge in [-0.25, -0.2) is 14.6 Å². The Morgan fingerprint density at radius 2 is 1.82 bits per heavy atom. The van der Waals surface area contributed by atoms with E-state index < -0.39 is 47.9 Å². The van der Waals surface area contributed by atoms with Gasteiger partial charge in [0, 0.05) is 11.1 Å². The molecule has 0 spiro atoms. The molecule has 1 fully saturated rings. The minimum absolute atomic E-state index is 0.0682. The third kappa shape index (κ3) is 6.35. The number of nitrogens with two attached hydrogens (primary N) is 1. The maximum absolute atomic E-state index is 13.8. The molecule has 2 aromatic carbocycles. The van der Waals surface area contributed by atoms with Crippen molar-refractivity contribution in [1.29, 1.82) is 0 Å². The number of ether oxygens (including phenoxy) is 2. The van der Waals surface area contributed by atoms with E-state index in [1.165, 1.54) is 35.2 Å². The second kappa shape index (κ2) is 13.6. The molecule has 2 amide bonds. The summed E-state index contributed by atoms with van der Waals surface area (Å²) in [6, 6.07) is 17.6. The number of carbonyl (C=O) groups is 4. The number of nitrogens with one attached hydrogen (secondary N) is 1. The van der Waals surface area contributed by atoms with E-state index in [2.05, 4.69) is 26.8 Å². The fraction of sp³-hybridized carbons (Fsp3) is 0.200. The Morgan fingerprint density at radius 1 is 1.16 bits per heavy atom. The minimum atomic E-state index is -0.998. The molecule has 3 N–H and O–H groups in total. The zero-order chi connectivity index (χ0) is 31.2. The van der Waals surface area contributed by atoms with Crippen molar-refractivity contribution in [3.63, 3.8) is 0 Å². The molecule has 2 atom stereocenters. The number of β-lactam (4-membered cyclic amide) rings is 1. The molecule has 5 rings (SSSR count). The standard InChI is InChI=1S/C30H27N5O7S2/c1-3-17-15-43-28-23(33-26(37)22(20-16-44-30(31)32-20)34-41-14-21(36)40-2)27(38)35(28)24(17)29(39)42-25(18-10-6-4-7-11-18)19-12-8-5-9-13-19/h3-13,16,23,25,28H,1,14-15H2,2H3,(H2,31,32)(H,33,37)/t23?,28-/m0/s1. The Labute approximate surface area is 260 Å². The third-order valence-corrected chi connectivity index (χ3v) is 8.68. The molecule has 2 aliphatic heterocycles. The molecular formula is C30H27N5O7S2. The maximum Gasteiger partial charge on any atom is 0.356 e. The van der Waals surface area contributed by atoms with Crippen molar-refractivity contribution in [2.24, 2.45) is 5.16 Å². The number of hydrogen-bond donors (Lipinski definition) is 2. The van der Waals surface area contributed by atoms with Crippen LogP contribution < -0.4 is 11.1 Å². The molecule has 1 unspecified atom stereocenters. The number of nitrogens with zero attached hydrogens (tertiary/aromatic N) is 3. The number of nitrogen functional groups attached to an aromatic ring is 1.